The number of hydrogen-bond donors (Lipinski definition) is 1. The lowest BCUT2D eigenvalue weighted by molar-refractivity contribution is 0.202. The van der Waals surface area contributed by atoms with Crippen molar-refractivity contribution in [1.29, 1.82) is 0 Å². The van der Waals surface area contributed by atoms with Gasteiger partial charge >= 0.3 is 0 Å². The molecule has 2 atom stereocenters. The second kappa shape index (κ2) is 6.77. The number of nitrogens with zero attached hydrogens (tertiary/aromatic N) is 1. The minimum atomic E-state index is -3.38. The topological polar surface area (TPSA) is 49.4 Å². The predicted molar refractivity (Wildman–Crippen MR) is 88.0 cm³/mol. The van der Waals surface area contributed by atoms with E-state index >= 15 is 0 Å². The van der Waals surface area contributed by atoms with Gasteiger partial charge < -0.3 is 5.32 Å². The van der Waals surface area contributed by atoms with Gasteiger partial charge in [-0.2, -0.15) is 4.31 Å². The fourth-order valence-corrected chi connectivity index (χ4v) is 5.88. The predicted octanol–water partition coefficient (Wildman–Crippen LogP) is 3.06. The number of hydrogen-bond acceptors (Lipinski definition) is 4. The summed E-state index contributed by atoms with van der Waals surface area (Å²) in [7, 11) is -3.38. The number of thiophene rings is 1. The molecule has 0 bridgehead atoms. The van der Waals surface area contributed by atoms with Crippen LogP contribution in [0.3, 0.4) is 0 Å². The van der Waals surface area contributed by atoms with E-state index in [0.717, 1.165) is 17.7 Å². The van der Waals surface area contributed by atoms with Crippen LogP contribution < -0.4 is 5.32 Å². The Hall–Kier alpha value is -0.430. The lowest BCUT2D eigenvalue weighted by Crippen LogP contribution is -2.46. The van der Waals surface area contributed by atoms with Gasteiger partial charge in [0.15, 0.2) is 0 Å². The molecule has 1 saturated heterocycles. The van der Waals surface area contributed by atoms with E-state index in [1.54, 1.807) is 10.4 Å². The summed E-state index contributed by atoms with van der Waals surface area (Å²) in [6.07, 6.45) is 2.06. The highest BCUT2D eigenvalue weighted by molar-refractivity contribution is 7.89. The smallest absolute Gasteiger partial charge is 0.244 e. The van der Waals surface area contributed by atoms with Crippen LogP contribution in [0.25, 0.3) is 0 Å². The minimum absolute atomic E-state index is 0.0783. The van der Waals surface area contributed by atoms with Crippen LogP contribution in [0.1, 0.15) is 45.4 Å². The van der Waals surface area contributed by atoms with Crippen molar-refractivity contribution in [3.05, 3.63) is 16.3 Å². The zero-order chi connectivity index (χ0) is 15.6. The largest absolute Gasteiger partial charge is 0.310 e. The highest BCUT2D eigenvalue weighted by Gasteiger charge is 2.35. The van der Waals surface area contributed by atoms with Gasteiger partial charge in [-0.3, -0.25) is 0 Å². The molecule has 6 heteroatoms. The Balaban J connectivity index is 2.25. The monoisotopic (exact) mass is 330 g/mol. The zero-order valence-corrected chi connectivity index (χ0v) is 14.9. The standard InChI is InChI=1S/C15H26N2O2S2/c1-11(2)16-10-14-15(7-9-20-14)21(18,19)17-8-5-6-12(3)13(17)4/h7,9,11-13,16H,5-6,8,10H2,1-4H3. The van der Waals surface area contributed by atoms with Crippen molar-refractivity contribution in [2.24, 2.45) is 5.92 Å². The number of nitrogens with one attached hydrogen (secondary N) is 1. The van der Waals surface area contributed by atoms with Gasteiger partial charge in [-0.1, -0.05) is 20.8 Å². The molecule has 21 heavy (non-hydrogen) atoms. The van der Waals surface area contributed by atoms with E-state index in [-0.39, 0.29) is 6.04 Å². The molecule has 0 aliphatic carbocycles. The Morgan fingerprint density at radius 2 is 2.14 bits per heavy atom. The molecular weight excluding hydrogens is 304 g/mol. The summed E-state index contributed by atoms with van der Waals surface area (Å²) in [4.78, 5) is 1.40. The van der Waals surface area contributed by atoms with Crippen LogP contribution in [0.4, 0.5) is 0 Å². The molecule has 2 rings (SSSR count). The van der Waals surface area contributed by atoms with Crippen LogP contribution >= 0.6 is 11.3 Å². The molecular formula is C15H26N2O2S2. The molecule has 1 fully saturated rings. The molecule has 0 amide bonds. The highest BCUT2D eigenvalue weighted by Crippen LogP contribution is 2.31. The average molecular weight is 331 g/mol. The molecule has 120 valence electrons. The molecule has 4 nitrogen and oxygen atoms in total. The van der Waals surface area contributed by atoms with Crippen molar-refractivity contribution in [2.75, 3.05) is 6.54 Å². The summed E-state index contributed by atoms with van der Waals surface area (Å²) in [5.41, 5.74) is 0. The van der Waals surface area contributed by atoms with Gasteiger partial charge in [-0.15, -0.1) is 11.3 Å². The maximum atomic E-state index is 13.0. The normalized spacial score (nSPS) is 24.6. The number of sulfonamides is 1. The zero-order valence-electron chi connectivity index (χ0n) is 13.3. The van der Waals surface area contributed by atoms with Gasteiger partial charge in [0.1, 0.15) is 0 Å². The molecule has 1 aromatic rings. The van der Waals surface area contributed by atoms with Gasteiger partial charge in [-0.05, 0) is 37.1 Å². The molecule has 2 heterocycles. The van der Waals surface area contributed by atoms with Gasteiger partial charge in [-0.25, -0.2) is 8.42 Å². The Morgan fingerprint density at radius 3 is 2.81 bits per heavy atom. The van der Waals surface area contributed by atoms with Gasteiger partial charge in [0.25, 0.3) is 0 Å². The summed E-state index contributed by atoms with van der Waals surface area (Å²) in [6.45, 7) is 9.55. The minimum Gasteiger partial charge on any atom is -0.310 e. The number of rotatable bonds is 5. The van der Waals surface area contributed by atoms with Crippen LogP contribution in [0.2, 0.25) is 0 Å². The first-order chi connectivity index (χ1) is 9.84. The van der Waals surface area contributed by atoms with Crippen LogP contribution in [0, 0.1) is 5.92 Å². The van der Waals surface area contributed by atoms with Crippen LogP contribution in [-0.4, -0.2) is 31.4 Å². The molecule has 0 spiro atoms. The quantitative estimate of drug-likeness (QED) is 0.903. The van der Waals surface area contributed by atoms with Crippen LogP contribution in [-0.2, 0) is 16.6 Å². The first-order valence-corrected chi connectivity index (χ1v) is 9.97. The summed E-state index contributed by atoms with van der Waals surface area (Å²) in [6, 6.07) is 2.18. The maximum Gasteiger partial charge on any atom is 0.244 e. The molecule has 2 unspecified atom stereocenters. The van der Waals surface area contributed by atoms with E-state index in [9.17, 15) is 8.42 Å². The Bertz CT molecular complexity index is 566. The van der Waals surface area contributed by atoms with E-state index < -0.39 is 10.0 Å². The second-order valence-electron chi connectivity index (χ2n) is 6.22. The average Bonchev–Trinajstić information content (AvgIpc) is 2.88. The Labute approximate surface area is 132 Å². The third-order valence-electron chi connectivity index (χ3n) is 4.28. The van der Waals surface area contributed by atoms with Gasteiger partial charge in [0.05, 0.1) is 4.90 Å². The summed E-state index contributed by atoms with van der Waals surface area (Å²) in [5.74, 6) is 0.421. The van der Waals surface area contributed by atoms with E-state index in [2.05, 4.69) is 26.1 Å². The van der Waals surface area contributed by atoms with Crippen molar-refractivity contribution in [3.8, 4) is 0 Å². The molecule has 0 saturated carbocycles. The third kappa shape index (κ3) is 3.67. The lowest BCUT2D eigenvalue weighted by atomic mass is 9.94. The summed E-state index contributed by atoms with van der Waals surface area (Å²) >= 11 is 1.52. The highest BCUT2D eigenvalue weighted by atomic mass is 32.2. The van der Waals surface area contributed by atoms with E-state index in [0.29, 0.717) is 29.9 Å². The lowest BCUT2D eigenvalue weighted by Gasteiger charge is -2.36. The fraction of sp³-hybridized carbons (Fsp3) is 0.733. The van der Waals surface area contributed by atoms with Crippen molar-refractivity contribution >= 4 is 21.4 Å². The third-order valence-corrected chi connectivity index (χ3v) is 7.40. The van der Waals surface area contributed by atoms with Crippen LogP contribution in [0.5, 0.6) is 0 Å². The number of piperidine rings is 1. The maximum absolute atomic E-state index is 13.0. The molecule has 1 aromatic heterocycles. The Morgan fingerprint density at radius 1 is 1.43 bits per heavy atom. The second-order valence-corrected chi connectivity index (χ2v) is 9.08. The van der Waals surface area contributed by atoms with Crippen LogP contribution in [0.15, 0.2) is 16.3 Å². The van der Waals surface area contributed by atoms with E-state index in [1.165, 1.54) is 11.3 Å². The summed E-state index contributed by atoms with van der Waals surface area (Å²) in [5, 5.41) is 5.19. The van der Waals surface area contributed by atoms with E-state index in [1.807, 2.05) is 12.3 Å². The summed E-state index contributed by atoms with van der Waals surface area (Å²) < 4.78 is 27.6. The Kier molecular flexibility index (Phi) is 5.46. The molecule has 0 aromatic carbocycles. The van der Waals surface area contributed by atoms with Gasteiger partial charge in [0, 0.05) is 30.1 Å². The van der Waals surface area contributed by atoms with Crippen molar-refractivity contribution < 1.29 is 8.42 Å². The SMILES string of the molecule is CC(C)NCc1sccc1S(=O)(=O)N1CCCC(C)C1C. The molecule has 1 aliphatic rings. The van der Waals surface area contributed by atoms with Crippen molar-refractivity contribution in [3.63, 3.8) is 0 Å². The van der Waals surface area contributed by atoms with Gasteiger partial charge in [0.2, 0.25) is 10.0 Å². The van der Waals surface area contributed by atoms with E-state index in [4.69, 9.17) is 0 Å². The molecule has 1 aliphatic heterocycles. The first kappa shape index (κ1) is 16.9. The molecule has 0 radical (unpaired) electrons. The molecule has 1 N–H and O–H groups in total. The van der Waals surface area contributed by atoms with Crippen molar-refractivity contribution in [2.45, 2.75) is 64.1 Å². The van der Waals surface area contributed by atoms with Crippen molar-refractivity contribution in [1.82, 2.24) is 9.62 Å². The first-order valence-electron chi connectivity index (χ1n) is 7.65. The fourth-order valence-electron chi connectivity index (χ4n) is 2.75.